The highest BCUT2D eigenvalue weighted by molar-refractivity contribution is 4.76. The van der Waals surface area contributed by atoms with Crippen molar-refractivity contribution in [2.45, 2.75) is 26.3 Å². The zero-order chi connectivity index (χ0) is 7.23. The monoisotopic (exact) mass is 137 g/mol. The van der Waals surface area contributed by atoms with Gasteiger partial charge in [-0.15, -0.1) is 0 Å². The van der Waals surface area contributed by atoms with Gasteiger partial charge in [0, 0.05) is 12.5 Å². The van der Waals surface area contributed by atoms with Crippen LogP contribution in [0.2, 0.25) is 0 Å². The Morgan fingerprint density at radius 1 is 1.40 bits per heavy atom. The van der Waals surface area contributed by atoms with Crippen LogP contribution < -0.4 is 4.68 Å². The van der Waals surface area contributed by atoms with E-state index in [0.29, 0.717) is 0 Å². The minimum absolute atomic E-state index is 1.04. The smallest absolute Gasteiger partial charge is 0.0913 e. The Kier molecular flexibility index (Phi) is 2.87. The Balaban J connectivity index is 2.43. The predicted molar refractivity (Wildman–Crippen MR) is 39.3 cm³/mol. The summed E-state index contributed by atoms with van der Waals surface area (Å²) < 4.78 is 1.96. The molecule has 0 aliphatic rings. The van der Waals surface area contributed by atoms with Gasteiger partial charge >= 0.3 is 0 Å². The van der Waals surface area contributed by atoms with E-state index in [-0.39, 0.29) is 0 Å². The molecule has 2 nitrogen and oxygen atoms in total. The SMILES string of the molecule is CCCC[n+]1ccccn1. The molecule has 0 aliphatic carbocycles. The summed E-state index contributed by atoms with van der Waals surface area (Å²) >= 11 is 0. The molecule has 0 N–H and O–H groups in total. The maximum Gasteiger partial charge on any atom is 0.196 e. The minimum Gasteiger partial charge on any atom is -0.0913 e. The molecule has 54 valence electrons. The Bertz CT molecular complexity index is 172. The Morgan fingerprint density at radius 2 is 2.30 bits per heavy atom. The molecule has 0 atom stereocenters. The predicted octanol–water partition coefficient (Wildman–Crippen LogP) is 1.17. The van der Waals surface area contributed by atoms with Gasteiger partial charge in [-0.25, -0.2) is 0 Å². The van der Waals surface area contributed by atoms with Crippen molar-refractivity contribution in [3.8, 4) is 0 Å². The van der Waals surface area contributed by atoms with Crippen molar-refractivity contribution in [1.82, 2.24) is 5.10 Å². The summed E-state index contributed by atoms with van der Waals surface area (Å²) in [6.45, 7) is 3.22. The second-order valence-electron chi connectivity index (χ2n) is 2.32. The third-order valence-corrected chi connectivity index (χ3v) is 1.41. The summed E-state index contributed by atoms with van der Waals surface area (Å²) in [6, 6.07) is 3.94. The second-order valence-corrected chi connectivity index (χ2v) is 2.32. The van der Waals surface area contributed by atoms with E-state index in [2.05, 4.69) is 12.0 Å². The van der Waals surface area contributed by atoms with Crippen molar-refractivity contribution in [1.29, 1.82) is 0 Å². The van der Waals surface area contributed by atoms with Gasteiger partial charge in [0.15, 0.2) is 12.7 Å². The number of hydrogen-bond donors (Lipinski definition) is 0. The lowest BCUT2D eigenvalue weighted by Crippen LogP contribution is -2.36. The first-order chi connectivity index (χ1) is 4.93. The maximum absolute atomic E-state index is 4.13. The zero-order valence-corrected chi connectivity index (χ0v) is 6.33. The number of rotatable bonds is 3. The number of hydrogen-bond acceptors (Lipinski definition) is 1. The molecule has 0 aromatic carbocycles. The second kappa shape index (κ2) is 3.99. The van der Waals surface area contributed by atoms with Crippen LogP contribution in [0, 0.1) is 0 Å². The first-order valence-electron chi connectivity index (χ1n) is 3.74. The van der Waals surface area contributed by atoms with Crippen LogP contribution in [0.4, 0.5) is 0 Å². The first-order valence-corrected chi connectivity index (χ1v) is 3.74. The van der Waals surface area contributed by atoms with Crippen molar-refractivity contribution < 1.29 is 4.68 Å². The molecular weight excluding hydrogens is 124 g/mol. The quantitative estimate of drug-likeness (QED) is 0.571. The van der Waals surface area contributed by atoms with Gasteiger partial charge in [-0.3, -0.25) is 0 Å². The normalized spacial score (nSPS) is 9.70. The number of unbranched alkanes of at least 4 members (excludes halogenated alkanes) is 1. The highest BCUT2D eigenvalue weighted by Gasteiger charge is 1.95. The van der Waals surface area contributed by atoms with Crippen LogP contribution in [0.3, 0.4) is 0 Å². The van der Waals surface area contributed by atoms with E-state index in [9.17, 15) is 0 Å². The van der Waals surface area contributed by atoms with Crippen molar-refractivity contribution in [2.24, 2.45) is 0 Å². The molecule has 2 heteroatoms. The van der Waals surface area contributed by atoms with Crippen LogP contribution in [-0.4, -0.2) is 5.10 Å². The van der Waals surface area contributed by atoms with Crippen LogP contribution in [0.15, 0.2) is 24.5 Å². The van der Waals surface area contributed by atoms with Crippen LogP contribution in [0.5, 0.6) is 0 Å². The third kappa shape index (κ3) is 2.13. The van der Waals surface area contributed by atoms with Crippen LogP contribution in [0.25, 0.3) is 0 Å². The van der Waals surface area contributed by atoms with E-state index in [0.717, 1.165) is 6.54 Å². The van der Waals surface area contributed by atoms with Crippen LogP contribution in [0.1, 0.15) is 19.8 Å². The van der Waals surface area contributed by atoms with Gasteiger partial charge in [-0.05, 0) is 11.2 Å². The summed E-state index contributed by atoms with van der Waals surface area (Å²) in [4.78, 5) is 0. The van der Waals surface area contributed by atoms with Crippen molar-refractivity contribution in [3.63, 3.8) is 0 Å². The summed E-state index contributed by atoms with van der Waals surface area (Å²) in [5, 5.41) is 4.13. The van der Waals surface area contributed by atoms with Gasteiger partial charge in [0.05, 0.1) is 6.20 Å². The average Bonchev–Trinajstić information content (AvgIpc) is 2.03. The molecule has 0 aliphatic heterocycles. The summed E-state index contributed by atoms with van der Waals surface area (Å²) in [6.07, 6.45) is 6.25. The molecule has 0 unspecified atom stereocenters. The third-order valence-electron chi connectivity index (χ3n) is 1.41. The fraction of sp³-hybridized carbons (Fsp3) is 0.500. The molecule has 1 heterocycles. The molecule has 10 heavy (non-hydrogen) atoms. The molecule has 0 saturated heterocycles. The molecule has 0 fully saturated rings. The van der Waals surface area contributed by atoms with Crippen molar-refractivity contribution in [3.05, 3.63) is 24.5 Å². The molecule has 0 saturated carbocycles. The van der Waals surface area contributed by atoms with E-state index in [1.54, 1.807) is 0 Å². The van der Waals surface area contributed by atoms with E-state index in [1.165, 1.54) is 12.8 Å². The molecule has 0 radical (unpaired) electrons. The lowest BCUT2D eigenvalue weighted by molar-refractivity contribution is -0.754. The fourth-order valence-corrected chi connectivity index (χ4v) is 0.814. The minimum atomic E-state index is 1.04. The zero-order valence-electron chi connectivity index (χ0n) is 6.33. The lowest BCUT2D eigenvalue weighted by Gasteiger charge is -1.88. The first kappa shape index (κ1) is 7.19. The standard InChI is InChI=1S/C8H13N2/c1-2-3-7-10-8-5-4-6-9-10/h4-6,8H,2-3,7H2,1H3/q+1. The lowest BCUT2D eigenvalue weighted by atomic mass is 10.3. The highest BCUT2D eigenvalue weighted by Crippen LogP contribution is 1.83. The van der Waals surface area contributed by atoms with Crippen molar-refractivity contribution in [2.75, 3.05) is 0 Å². The van der Waals surface area contributed by atoms with Crippen molar-refractivity contribution >= 4 is 0 Å². The van der Waals surface area contributed by atoms with E-state index in [1.807, 2.05) is 29.2 Å². The number of aryl methyl sites for hydroxylation is 1. The maximum atomic E-state index is 4.13. The molecule has 0 spiro atoms. The molecule has 1 rings (SSSR count). The van der Waals surface area contributed by atoms with E-state index >= 15 is 0 Å². The number of aromatic nitrogens is 2. The largest absolute Gasteiger partial charge is 0.196 e. The summed E-state index contributed by atoms with van der Waals surface area (Å²) in [7, 11) is 0. The molecule has 1 aromatic heterocycles. The van der Waals surface area contributed by atoms with Gasteiger partial charge in [0.25, 0.3) is 0 Å². The topological polar surface area (TPSA) is 16.8 Å². The molecule has 0 amide bonds. The summed E-state index contributed by atoms with van der Waals surface area (Å²) in [5.41, 5.74) is 0. The molecule has 1 aromatic rings. The Morgan fingerprint density at radius 3 is 2.90 bits per heavy atom. The van der Waals surface area contributed by atoms with Gasteiger partial charge in [-0.1, -0.05) is 18.0 Å². The van der Waals surface area contributed by atoms with E-state index < -0.39 is 0 Å². The number of nitrogens with zero attached hydrogens (tertiary/aromatic N) is 2. The Hall–Kier alpha value is -0.920. The fourth-order valence-electron chi connectivity index (χ4n) is 0.814. The van der Waals surface area contributed by atoms with Gasteiger partial charge in [-0.2, -0.15) is 0 Å². The molecule has 0 bridgehead atoms. The van der Waals surface area contributed by atoms with E-state index in [4.69, 9.17) is 0 Å². The van der Waals surface area contributed by atoms with Gasteiger partial charge in [0.2, 0.25) is 0 Å². The van der Waals surface area contributed by atoms with Gasteiger partial charge < -0.3 is 0 Å². The highest BCUT2D eigenvalue weighted by atomic mass is 15.2. The summed E-state index contributed by atoms with van der Waals surface area (Å²) in [5.74, 6) is 0. The van der Waals surface area contributed by atoms with Crippen LogP contribution >= 0.6 is 0 Å². The average molecular weight is 137 g/mol. The van der Waals surface area contributed by atoms with Gasteiger partial charge in [0.1, 0.15) is 0 Å². The molecular formula is C8H13N2+. The van der Waals surface area contributed by atoms with Crippen LogP contribution in [-0.2, 0) is 6.54 Å². The Labute approximate surface area is 61.5 Å².